The number of nitrogen functional groups attached to an aromatic ring is 1. The average Bonchev–Trinajstić information content (AvgIpc) is 3.58. The molecule has 1 spiro atoms. The predicted molar refractivity (Wildman–Crippen MR) is 118 cm³/mol. The Morgan fingerprint density at radius 1 is 1.34 bits per heavy atom. The van der Waals surface area contributed by atoms with Crippen LogP contribution in [0.4, 0.5) is 5.82 Å². The van der Waals surface area contributed by atoms with Crippen molar-refractivity contribution in [1.29, 1.82) is 0 Å². The molecule has 5 N–H and O–H groups in total. The second-order valence-corrected chi connectivity index (χ2v) is 9.81. The number of aliphatic hydroxyl groups excluding tert-OH is 1. The van der Waals surface area contributed by atoms with Crippen LogP contribution in [-0.2, 0) is 28.3 Å². The summed E-state index contributed by atoms with van der Waals surface area (Å²) in [5.74, 6) is -1.09. The highest BCUT2D eigenvalue weighted by atomic mass is 31.2. The summed E-state index contributed by atoms with van der Waals surface area (Å²) >= 11 is 0. The van der Waals surface area contributed by atoms with Crippen molar-refractivity contribution in [3.05, 3.63) is 53.1 Å². The Kier molecular flexibility index (Phi) is 7.24. The molecule has 2 aromatic rings. The number of para-hydroxylation sites is 1. The van der Waals surface area contributed by atoms with E-state index in [4.69, 9.17) is 34.7 Å². The quantitative estimate of drug-likeness (QED) is 0.189. The lowest BCUT2D eigenvalue weighted by Crippen LogP contribution is -2.34. The highest BCUT2D eigenvalue weighted by Crippen LogP contribution is 2.62. The highest BCUT2D eigenvalue weighted by Gasteiger charge is 2.64. The summed E-state index contributed by atoms with van der Waals surface area (Å²) in [6.45, 7) is 0.798. The third-order valence-electron chi connectivity index (χ3n) is 5.75. The smallest absolute Gasteiger partial charge is 0.469 e. The Balaban J connectivity index is 1.41. The number of aliphatic hydroxyl groups is 1. The summed E-state index contributed by atoms with van der Waals surface area (Å²) in [7, 11) is -4.47. The van der Waals surface area contributed by atoms with Crippen molar-refractivity contribution >= 4 is 19.5 Å². The van der Waals surface area contributed by atoms with Crippen LogP contribution < -0.4 is 21.4 Å². The molecule has 1 saturated carbocycles. The minimum Gasteiger partial charge on any atom is -0.480 e. The molecule has 0 radical (unpaired) electrons. The van der Waals surface area contributed by atoms with Gasteiger partial charge in [-0.25, -0.2) is 19.3 Å². The molecule has 2 heterocycles. The lowest BCUT2D eigenvalue weighted by atomic mass is 9.96. The van der Waals surface area contributed by atoms with Gasteiger partial charge in [0.05, 0.1) is 6.10 Å². The predicted octanol–water partition coefficient (Wildman–Crippen LogP) is 0.994. The zero-order valence-corrected chi connectivity index (χ0v) is 19.4. The molecule has 1 aliphatic carbocycles. The standard InChI is InChI=1S/C20H25N4O10P/c1-12(17(26)27)23-35(29,34-32-13-5-3-2-4-6-13)33-30-11-14-16(25)20(8-9-20)18(31-14)24-10-7-15(21)22-19(24)28/h2-7,10,12,14,16,18,25H,8-9,11H2,1H3,(H,23,29)(H,26,27)(H2,21,22,28)/t12?,14-,16-,18-,35?/m1/s1. The Morgan fingerprint density at radius 2 is 2.06 bits per heavy atom. The molecule has 5 atom stereocenters. The van der Waals surface area contributed by atoms with Gasteiger partial charge in [0.25, 0.3) is 0 Å². The van der Waals surface area contributed by atoms with Crippen LogP contribution in [0.2, 0.25) is 0 Å². The summed E-state index contributed by atoms with van der Waals surface area (Å²) in [5.41, 5.74) is 4.19. The molecule has 1 saturated heterocycles. The molecular weight excluding hydrogens is 487 g/mol. The number of carboxylic acid groups (broad SMARTS) is 1. The third kappa shape index (κ3) is 5.54. The number of ether oxygens (including phenoxy) is 1. The number of nitrogens with two attached hydrogens (primary N) is 1. The first-order valence-electron chi connectivity index (χ1n) is 10.6. The summed E-state index contributed by atoms with van der Waals surface area (Å²) in [6.07, 6.45) is -0.197. The molecule has 2 aliphatic rings. The summed E-state index contributed by atoms with van der Waals surface area (Å²) in [4.78, 5) is 37.2. The number of nitrogens with one attached hydrogen (secondary N) is 1. The number of hydrogen-bond acceptors (Lipinski definition) is 11. The molecule has 14 nitrogen and oxygen atoms in total. The first-order valence-corrected chi connectivity index (χ1v) is 12.2. The van der Waals surface area contributed by atoms with E-state index in [9.17, 15) is 19.3 Å². The van der Waals surface area contributed by atoms with Crippen molar-refractivity contribution in [2.45, 2.75) is 44.2 Å². The van der Waals surface area contributed by atoms with Gasteiger partial charge in [0.15, 0.2) is 5.75 Å². The summed E-state index contributed by atoms with van der Waals surface area (Å²) < 4.78 is 29.9. The van der Waals surface area contributed by atoms with Crippen molar-refractivity contribution in [1.82, 2.24) is 14.6 Å². The van der Waals surface area contributed by atoms with Gasteiger partial charge in [-0.05, 0) is 38.0 Å². The molecule has 2 unspecified atom stereocenters. The van der Waals surface area contributed by atoms with Gasteiger partial charge >= 0.3 is 19.4 Å². The van der Waals surface area contributed by atoms with Crippen LogP contribution in [-0.4, -0.2) is 50.6 Å². The van der Waals surface area contributed by atoms with Crippen LogP contribution in [0.3, 0.4) is 0 Å². The van der Waals surface area contributed by atoms with Gasteiger partial charge < -0.3 is 25.6 Å². The Labute approximate surface area is 199 Å². The Morgan fingerprint density at radius 3 is 2.69 bits per heavy atom. The first kappa shape index (κ1) is 25.3. The van der Waals surface area contributed by atoms with Crippen LogP contribution in [0.5, 0.6) is 5.75 Å². The molecule has 35 heavy (non-hydrogen) atoms. The summed E-state index contributed by atoms with van der Waals surface area (Å²) in [6, 6.07) is 8.11. The molecule has 4 rings (SSSR count). The number of aromatic nitrogens is 2. The van der Waals surface area contributed by atoms with Gasteiger partial charge in [-0.3, -0.25) is 9.36 Å². The lowest BCUT2D eigenvalue weighted by Gasteiger charge is -2.20. The van der Waals surface area contributed by atoms with Crippen molar-refractivity contribution in [2.75, 3.05) is 12.3 Å². The maximum atomic E-state index is 13.0. The number of benzene rings is 1. The normalized spacial score (nSPS) is 25.1. The van der Waals surface area contributed by atoms with Gasteiger partial charge in [-0.1, -0.05) is 22.9 Å². The molecule has 1 aliphatic heterocycles. The number of nitrogens with zero attached hydrogens (tertiary/aromatic N) is 2. The monoisotopic (exact) mass is 512 g/mol. The molecule has 190 valence electrons. The largest absolute Gasteiger partial charge is 0.480 e. The van der Waals surface area contributed by atoms with E-state index in [1.807, 2.05) is 0 Å². The number of carbonyl (C=O) groups is 1. The summed E-state index contributed by atoms with van der Waals surface area (Å²) in [5, 5.41) is 22.1. The zero-order valence-electron chi connectivity index (χ0n) is 18.6. The Bertz CT molecular complexity index is 1160. The molecule has 15 heteroatoms. The van der Waals surface area contributed by atoms with E-state index >= 15 is 0 Å². The van der Waals surface area contributed by atoms with E-state index in [1.165, 1.54) is 35.9 Å². The van der Waals surface area contributed by atoms with Crippen LogP contribution >= 0.6 is 7.75 Å². The van der Waals surface area contributed by atoms with Crippen molar-refractivity contribution in [3.8, 4) is 5.75 Å². The van der Waals surface area contributed by atoms with Crippen molar-refractivity contribution in [3.63, 3.8) is 0 Å². The van der Waals surface area contributed by atoms with Gasteiger partial charge in [0.2, 0.25) is 0 Å². The van der Waals surface area contributed by atoms with Crippen molar-refractivity contribution < 1.29 is 43.4 Å². The van der Waals surface area contributed by atoms with E-state index in [0.717, 1.165) is 0 Å². The van der Waals surface area contributed by atoms with E-state index in [-0.39, 0.29) is 11.6 Å². The second-order valence-electron chi connectivity index (χ2n) is 8.26. The van der Waals surface area contributed by atoms with E-state index in [1.54, 1.807) is 18.2 Å². The second kappa shape index (κ2) is 10.0. The fourth-order valence-electron chi connectivity index (χ4n) is 3.74. The molecule has 1 aromatic heterocycles. The minimum absolute atomic E-state index is 0.0551. The molecule has 0 bridgehead atoms. The van der Waals surface area contributed by atoms with Crippen LogP contribution in [0.15, 0.2) is 47.4 Å². The maximum Gasteiger partial charge on any atom is 0.469 e. The van der Waals surface area contributed by atoms with Gasteiger partial charge in [-0.2, -0.15) is 4.98 Å². The van der Waals surface area contributed by atoms with Gasteiger partial charge in [0, 0.05) is 11.6 Å². The van der Waals surface area contributed by atoms with Gasteiger partial charge in [-0.15, -0.1) is 4.67 Å². The van der Waals surface area contributed by atoms with Crippen LogP contribution in [0.1, 0.15) is 26.0 Å². The number of hydrogen-bond donors (Lipinski definition) is 4. The topological polar surface area (TPSA) is 194 Å². The van der Waals surface area contributed by atoms with Crippen molar-refractivity contribution in [2.24, 2.45) is 5.41 Å². The minimum atomic E-state index is -4.47. The van der Waals surface area contributed by atoms with E-state index in [0.29, 0.717) is 12.8 Å². The number of carboxylic acids is 1. The molecule has 2 fully saturated rings. The Hall–Kier alpha value is -2.84. The lowest BCUT2D eigenvalue weighted by molar-refractivity contribution is -0.258. The SMILES string of the molecule is CC(NP(=O)(OOC[C@H]1O[C@@H](n2ccc(N)nc2=O)C2(CC2)[C@@H]1O)OOc1ccccc1)C(=O)O. The first-order chi connectivity index (χ1) is 16.6. The number of rotatable bonds is 11. The molecular formula is C20H25N4O10P. The fraction of sp³-hybridized carbons (Fsp3) is 0.450. The third-order valence-corrected chi connectivity index (χ3v) is 7.02. The van der Waals surface area contributed by atoms with E-state index < -0.39 is 55.9 Å². The average molecular weight is 512 g/mol. The van der Waals surface area contributed by atoms with E-state index in [2.05, 4.69) is 10.1 Å². The molecule has 1 aromatic carbocycles. The highest BCUT2D eigenvalue weighted by molar-refractivity contribution is 7.51. The van der Waals surface area contributed by atoms with Crippen LogP contribution in [0, 0.1) is 5.41 Å². The number of aliphatic carboxylic acids is 1. The van der Waals surface area contributed by atoms with Crippen LogP contribution in [0.25, 0.3) is 0 Å². The molecule has 0 amide bonds. The fourth-order valence-corrected chi connectivity index (χ4v) is 4.82. The number of anilines is 1. The van der Waals surface area contributed by atoms with Gasteiger partial charge in [0.1, 0.15) is 30.8 Å². The maximum absolute atomic E-state index is 13.0. The zero-order chi connectivity index (χ0) is 25.2.